The number of benzene rings is 4. The second-order valence-corrected chi connectivity index (χ2v) is 8.46. The van der Waals surface area contributed by atoms with Crippen LogP contribution in [0.2, 0.25) is 0 Å². The predicted octanol–water partition coefficient (Wildman–Crippen LogP) is 4.97. The van der Waals surface area contributed by atoms with Crippen molar-refractivity contribution < 1.29 is 19.2 Å². The van der Waals surface area contributed by atoms with Gasteiger partial charge < -0.3 is 0 Å². The van der Waals surface area contributed by atoms with Gasteiger partial charge in [0.1, 0.15) is 0 Å². The molecular formula is C30H22N2O4. The van der Waals surface area contributed by atoms with Crippen molar-refractivity contribution in [3.63, 3.8) is 0 Å². The van der Waals surface area contributed by atoms with E-state index in [2.05, 4.69) is 0 Å². The van der Waals surface area contributed by atoms with Crippen molar-refractivity contribution in [3.05, 3.63) is 143 Å². The Morgan fingerprint density at radius 3 is 0.889 bits per heavy atom. The number of hydrogen-bond donors (Lipinski definition) is 0. The minimum Gasteiger partial charge on any atom is -0.270 e. The molecule has 2 aliphatic rings. The molecule has 0 fully saturated rings. The first-order valence-corrected chi connectivity index (χ1v) is 11.5. The minimum absolute atomic E-state index is 0.209. The van der Waals surface area contributed by atoms with E-state index in [0.717, 1.165) is 11.1 Å². The molecule has 6 heteroatoms. The summed E-state index contributed by atoms with van der Waals surface area (Å²) >= 11 is 0. The van der Waals surface area contributed by atoms with Crippen LogP contribution in [-0.2, 0) is 13.1 Å². The van der Waals surface area contributed by atoms with Crippen molar-refractivity contribution in [2.75, 3.05) is 0 Å². The molecule has 36 heavy (non-hydrogen) atoms. The lowest BCUT2D eigenvalue weighted by Crippen LogP contribution is -2.29. The zero-order valence-electron chi connectivity index (χ0n) is 19.3. The number of nitrogens with zero attached hydrogens (tertiary/aromatic N) is 2. The molecule has 2 aliphatic heterocycles. The molecule has 4 aromatic rings. The standard InChI is InChI=1S/2C15H11NO2/c2*17-14-12-8-4-5-9-13(12)15(18)16(14)10-11-6-2-1-3-7-11/h2*1-9H,10H2. The summed E-state index contributed by atoms with van der Waals surface area (Å²) in [6.45, 7) is 0.653. The first kappa shape index (κ1) is 22.9. The highest BCUT2D eigenvalue weighted by Crippen LogP contribution is 2.25. The van der Waals surface area contributed by atoms with Crippen LogP contribution in [0.5, 0.6) is 0 Å². The van der Waals surface area contributed by atoms with Crippen molar-refractivity contribution >= 4 is 23.6 Å². The summed E-state index contributed by atoms with van der Waals surface area (Å²) in [5, 5.41) is 0. The maximum Gasteiger partial charge on any atom is 0.261 e. The summed E-state index contributed by atoms with van der Waals surface area (Å²) in [7, 11) is 0. The summed E-state index contributed by atoms with van der Waals surface area (Å²) in [5.74, 6) is -0.835. The lowest BCUT2D eigenvalue weighted by molar-refractivity contribution is 0.0627. The van der Waals surface area contributed by atoms with Gasteiger partial charge in [0, 0.05) is 0 Å². The van der Waals surface area contributed by atoms with Crippen LogP contribution in [0.15, 0.2) is 109 Å². The molecule has 0 bridgehead atoms. The van der Waals surface area contributed by atoms with Gasteiger partial charge >= 0.3 is 0 Å². The van der Waals surface area contributed by atoms with E-state index in [4.69, 9.17) is 0 Å². The number of hydrogen-bond acceptors (Lipinski definition) is 4. The average molecular weight is 475 g/mol. The van der Waals surface area contributed by atoms with Gasteiger partial charge in [-0.1, -0.05) is 84.9 Å². The topological polar surface area (TPSA) is 74.8 Å². The molecule has 0 aliphatic carbocycles. The van der Waals surface area contributed by atoms with E-state index >= 15 is 0 Å². The maximum absolute atomic E-state index is 12.1. The molecular weight excluding hydrogens is 452 g/mol. The Balaban J connectivity index is 0.000000148. The van der Waals surface area contributed by atoms with Crippen LogP contribution in [0.1, 0.15) is 52.6 Å². The van der Waals surface area contributed by atoms with E-state index in [1.54, 1.807) is 48.5 Å². The Hall–Kier alpha value is -4.84. The average Bonchev–Trinajstić information content (AvgIpc) is 3.31. The first-order valence-electron chi connectivity index (χ1n) is 11.5. The van der Waals surface area contributed by atoms with Gasteiger partial charge in [0.2, 0.25) is 0 Å². The lowest BCUT2D eigenvalue weighted by Gasteiger charge is -2.13. The molecule has 0 saturated heterocycles. The molecule has 0 spiro atoms. The fourth-order valence-electron chi connectivity index (χ4n) is 4.30. The van der Waals surface area contributed by atoms with E-state index in [0.29, 0.717) is 35.3 Å². The molecule has 0 radical (unpaired) electrons. The monoisotopic (exact) mass is 474 g/mol. The minimum atomic E-state index is -0.209. The highest BCUT2D eigenvalue weighted by atomic mass is 16.2. The fourth-order valence-corrected chi connectivity index (χ4v) is 4.30. The smallest absolute Gasteiger partial charge is 0.261 e. The summed E-state index contributed by atoms with van der Waals surface area (Å²) in [4.78, 5) is 51.0. The van der Waals surface area contributed by atoms with E-state index in [1.807, 2.05) is 60.7 Å². The first-order chi connectivity index (χ1) is 17.5. The second-order valence-electron chi connectivity index (χ2n) is 8.46. The van der Waals surface area contributed by atoms with E-state index in [9.17, 15) is 19.2 Å². The van der Waals surface area contributed by atoms with Crippen LogP contribution in [0.25, 0.3) is 0 Å². The number of rotatable bonds is 4. The van der Waals surface area contributed by atoms with Gasteiger partial charge in [-0.15, -0.1) is 0 Å². The van der Waals surface area contributed by atoms with Crippen LogP contribution in [0.4, 0.5) is 0 Å². The highest BCUT2D eigenvalue weighted by molar-refractivity contribution is 6.22. The van der Waals surface area contributed by atoms with Gasteiger partial charge in [-0.05, 0) is 35.4 Å². The second kappa shape index (κ2) is 9.80. The normalized spacial score (nSPS) is 13.9. The highest BCUT2D eigenvalue weighted by Gasteiger charge is 2.35. The summed E-state index contributed by atoms with van der Waals surface area (Å²) < 4.78 is 0. The van der Waals surface area contributed by atoms with Crippen LogP contribution < -0.4 is 0 Å². The van der Waals surface area contributed by atoms with Crippen LogP contribution in [0, 0.1) is 0 Å². The molecule has 0 N–H and O–H groups in total. The number of carbonyl (C=O) groups is 4. The van der Waals surface area contributed by atoms with Gasteiger partial charge in [0.15, 0.2) is 0 Å². The third-order valence-electron chi connectivity index (χ3n) is 6.12. The quantitative estimate of drug-likeness (QED) is 0.392. The van der Waals surface area contributed by atoms with Crippen molar-refractivity contribution in [2.45, 2.75) is 13.1 Å². The zero-order chi connectivity index (χ0) is 25.1. The molecule has 0 saturated carbocycles. The molecule has 4 aromatic carbocycles. The van der Waals surface area contributed by atoms with E-state index in [-0.39, 0.29) is 23.6 Å². The van der Waals surface area contributed by atoms with Gasteiger partial charge in [0.25, 0.3) is 23.6 Å². The third kappa shape index (κ3) is 4.32. The van der Waals surface area contributed by atoms with Gasteiger partial charge in [-0.25, -0.2) is 0 Å². The molecule has 176 valence electrons. The number of fused-ring (bicyclic) bond motifs is 2. The van der Waals surface area contributed by atoms with E-state index < -0.39 is 0 Å². The molecule has 6 nitrogen and oxygen atoms in total. The Kier molecular flexibility index (Phi) is 6.24. The van der Waals surface area contributed by atoms with Gasteiger partial charge in [-0.3, -0.25) is 29.0 Å². The van der Waals surface area contributed by atoms with Crippen LogP contribution in [0.3, 0.4) is 0 Å². The van der Waals surface area contributed by atoms with Crippen molar-refractivity contribution in [3.8, 4) is 0 Å². The number of carbonyl (C=O) groups excluding carboxylic acids is 4. The lowest BCUT2D eigenvalue weighted by atomic mass is 10.1. The van der Waals surface area contributed by atoms with Gasteiger partial charge in [0.05, 0.1) is 35.3 Å². The third-order valence-corrected chi connectivity index (χ3v) is 6.12. The molecule has 0 unspecified atom stereocenters. The Morgan fingerprint density at radius 2 is 0.611 bits per heavy atom. The molecule has 0 atom stereocenters. The Morgan fingerprint density at radius 1 is 0.361 bits per heavy atom. The van der Waals surface area contributed by atoms with E-state index in [1.165, 1.54) is 9.80 Å². The number of amides is 4. The molecule has 4 amide bonds. The van der Waals surface area contributed by atoms with Crippen molar-refractivity contribution in [2.24, 2.45) is 0 Å². The van der Waals surface area contributed by atoms with Crippen molar-refractivity contribution in [1.82, 2.24) is 9.80 Å². The molecule has 6 rings (SSSR count). The predicted molar refractivity (Wildman–Crippen MR) is 134 cm³/mol. The van der Waals surface area contributed by atoms with Crippen LogP contribution >= 0.6 is 0 Å². The van der Waals surface area contributed by atoms with Crippen LogP contribution in [-0.4, -0.2) is 33.4 Å². The Bertz CT molecular complexity index is 1280. The maximum atomic E-state index is 12.1. The molecule has 0 aromatic heterocycles. The summed E-state index contributed by atoms with van der Waals surface area (Å²) in [5.41, 5.74) is 3.90. The Labute approximate surface area is 208 Å². The summed E-state index contributed by atoms with van der Waals surface area (Å²) in [6.07, 6.45) is 0. The zero-order valence-corrected chi connectivity index (χ0v) is 19.3. The molecule has 2 heterocycles. The van der Waals surface area contributed by atoms with Crippen molar-refractivity contribution in [1.29, 1.82) is 0 Å². The van der Waals surface area contributed by atoms with Gasteiger partial charge in [-0.2, -0.15) is 0 Å². The number of imide groups is 2. The summed E-state index contributed by atoms with van der Waals surface area (Å²) in [6, 6.07) is 32.9. The fraction of sp³-hybridized carbons (Fsp3) is 0.0667. The SMILES string of the molecule is O=C1c2ccccc2C(=O)N1Cc1ccccc1.O=C1c2ccccc2C(=O)N1Cc1ccccc1. The largest absolute Gasteiger partial charge is 0.270 e.